The van der Waals surface area contributed by atoms with Gasteiger partial charge in [0.1, 0.15) is 0 Å². The maximum atomic E-state index is 12.5. The summed E-state index contributed by atoms with van der Waals surface area (Å²) in [6.07, 6.45) is 0. The summed E-state index contributed by atoms with van der Waals surface area (Å²) in [6, 6.07) is 12.4. The van der Waals surface area contributed by atoms with Gasteiger partial charge in [-0.05, 0) is 30.3 Å². The number of nitrogens with one attached hydrogen (secondary N) is 2. The molecule has 3 rings (SSSR count). The predicted molar refractivity (Wildman–Crippen MR) is 108 cm³/mol. The van der Waals surface area contributed by atoms with Gasteiger partial charge in [0.25, 0.3) is 20.3 Å². The Morgan fingerprint density at radius 3 is 2.52 bits per heavy atom. The molecule has 0 spiro atoms. The molecule has 9 nitrogen and oxygen atoms in total. The van der Waals surface area contributed by atoms with Crippen molar-refractivity contribution in [1.82, 2.24) is 10.2 Å². The van der Waals surface area contributed by atoms with E-state index in [1.807, 2.05) is 0 Å². The number of amides is 1. The molecule has 0 bridgehead atoms. The third kappa shape index (κ3) is 4.88. The van der Waals surface area contributed by atoms with E-state index in [2.05, 4.69) is 25.0 Å². The molecular weight excluding hydrogens is 440 g/mol. The minimum Gasteiger partial charge on any atom is -0.465 e. The number of anilines is 2. The lowest BCUT2D eigenvalue weighted by atomic mass is 10.2. The molecule has 0 atom stereocenters. The van der Waals surface area contributed by atoms with Crippen LogP contribution < -0.4 is 10.0 Å². The Morgan fingerprint density at radius 1 is 1.10 bits per heavy atom. The van der Waals surface area contributed by atoms with Crippen LogP contribution in [-0.4, -0.2) is 37.6 Å². The van der Waals surface area contributed by atoms with Gasteiger partial charge in [-0.15, -0.1) is 10.2 Å². The van der Waals surface area contributed by atoms with Gasteiger partial charge in [0.05, 0.1) is 17.7 Å². The van der Waals surface area contributed by atoms with Crippen LogP contribution in [0, 0.1) is 0 Å². The van der Waals surface area contributed by atoms with Crippen molar-refractivity contribution < 1.29 is 22.7 Å². The van der Waals surface area contributed by atoms with E-state index in [0.717, 1.165) is 0 Å². The third-order valence-electron chi connectivity index (χ3n) is 3.52. The number of rotatable bonds is 6. The molecule has 0 aliphatic heterocycles. The number of ether oxygens (including phenoxy) is 1. The molecule has 0 saturated carbocycles. The molecule has 1 amide bonds. The fraction of sp³-hybridized carbons (Fsp3) is 0.0588. The molecule has 2 aromatic carbocycles. The van der Waals surface area contributed by atoms with Crippen LogP contribution in [0.5, 0.6) is 0 Å². The van der Waals surface area contributed by atoms with E-state index in [4.69, 9.17) is 11.6 Å². The smallest absolute Gasteiger partial charge is 0.339 e. The highest BCUT2D eigenvalue weighted by atomic mass is 35.5. The number of carbonyl (C=O) groups is 2. The number of hydrogen-bond acceptors (Lipinski definition) is 8. The summed E-state index contributed by atoms with van der Waals surface area (Å²) in [4.78, 5) is 23.8. The summed E-state index contributed by atoms with van der Waals surface area (Å²) in [6.45, 7) is 0. The topological polar surface area (TPSA) is 127 Å². The van der Waals surface area contributed by atoms with Crippen molar-refractivity contribution in [2.75, 3.05) is 17.1 Å². The number of methoxy groups -OCH3 is 1. The number of halogens is 1. The molecule has 3 aromatic rings. The number of carbonyl (C=O) groups excluding carboxylic acids is 2. The zero-order chi connectivity index (χ0) is 21.0. The van der Waals surface area contributed by atoms with Gasteiger partial charge in [-0.1, -0.05) is 41.1 Å². The van der Waals surface area contributed by atoms with Gasteiger partial charge in [0.2, 0.25) is 5.13 Å². The molecule has 12 heteroatoms. The molecule has 150 valence electrons. The molecule has 1 aromatic heterocycles. The van der Waals surface area contributed by atoms with Crippen LogP contribution in [-0.2, 0) is 14.8 Å². The first-order valence-electron chi connectivity index (χ1n) is 7.91. The largest absolute Gasteiger partial charge is 0.465 e. The van der Waals surface area contributed by atoms with E-state index in [-0.39, 0.29) is 25.7 Å². The zero-order valence-electron chi connectivity index (χ0n) is 14.7. The fourth-order valence-corrected chi connectivity index (χ4v) is 4.32. The average Bonchev–Trinajstić information content (AvgIpc) is 3.19. The summed E-state index contributed by atoms with van der Waals surface area (Å²) >= 11 is 6.60. The quantitative estimate of drug-likeness (QED) is 0.434. The number of benzene rings is 2. The van der Waals surface area contributed by atoms with Crippen molar-refractivity contribution in [3.05, 3.63) is 64.7 Å². The molecule has 2 N–H and O–H groups in total. The van der Waals surface area contributed by atoms with Crippen LogP contribution in [0.2, 0.25) is 5.02 Å². The monoisotopic (exact) mass is 452 g/mol. The van der Waals surface area contributed by atoms with Gasteiger partial charge >= 0.3 is 5.97 Å². The van der Waals surface area contributed by atoms with E-state index in [9.17, 15) is 18.0 Å². The Morgan fingerprint density at radius 2 is 1.83 bits per heavy atom. The van der Waals surface area contributed by atoms with Crippen LogP contribution in [0.1, 0.15) is 20.7 Å². The Kier molecular flexibility index (Phi) is 6.11. The Balaban J connectivity index is 1.77. The van der Waals surface area contributed by atoms with Gasteiger partial charge in [0.15, 0.2) is 0 Å². The number of sulfonamides is 1. The SMILES string of the molecule is COC(=O)c1cc(NS(=O)(=O)c2nnc(NC(=O)c3ccccc3)s2)ccc1Cl. The van der Waals surface area contributed by atoms with Crippen LogP contribution >= 0.6 is 22.9 Å². The van der Waals surface area contributed by atoms with E-state index < -0.39 is 21.9 Å². The maximum absolute atomic E-state index is 12.5. The summed E-state index contributed by atoms with van der Waals surface area (Å²) in [5.74, 6) is -1.16. The van der Waals surface area contributed by atoms with Crippen LogP contribution in [0.25, 0.3) is 0 Å². The van der Waals surface area contributed by atoms with E-state index in [0.29, 0.717) is 16.9 Å². The van der Waals surface area contributed by atoms with Gasteiger partial charge in [-0.2, -0.15) is 8.42 Å². The molecular formula is C17H13ClN4O5S2. The Hall–Kier alpha value is -3.02. The average molecular weight is 453 g/mol. The lowest BCUT2D eigenvalue weighted by Crippen LogP contribution is -2.13. The van der Waals surface area contributed by atoms with Crippen molar-refractivity contribution in [2.45, 2.75) is 4.34 Å². The minimum atomic E-state index is -4.11. The van der Waals surface area contributed by atoms with Crippen LogP contribution in [0.4, 0.5) is 10.8 Å². The second kappa shape index (κ2) is 8.55. The number of esters is 1. The molecule has 0 unspecified atom stereocenters. The van der Waals surface area contributed by atoms with Crippen molar-refractivity contribution >= 4 is 55.7 Å². The molecule has 0 radical (unpaired) electrons. The first kappa shape index (κ1) is 20.7. The maximum Gasteiger partial charge on any atom is 0.339 e. The fourth-order valence-electron chi connectivity index (χ4n) is 2.18. The number of nitrogens with zero attached hydrogens (tertiary/aromatic N) is 2. The summed E-state index contributed by atoms with van der Waals surface area (Å²) in [5.41, 5.74) is 0.476. The van der Waals surface area contributed by atoms with Gasteiger partial charge in [0, 0.05) is 11.3 Å². The van der Waals surface area contributed by atoms with Gasteiger partial charge in [-0.3, -0.25) is 14.8 Å². The second-order valence-corrected chi connectivity index (χ2v) is 8.73. The van der Waals surface area contributed by atoms with Crippen LogP contribution in [0.15, 0.2) is 52.9 Å². The first-order valence-corrected chi connectivity index (χ1v) is 10.6. The molecule has 0 aliphatic carbocycles. The highest BCUT2D eigenvalue weighted by molar-refractivity contribution is 7.94. The van der Waals surface area contributed by atoms with E-state index in [1.54, 1.807) is 30.3 Å². The van der Waals surface area contributed by atoms with Crippen molar-refractivity contribution in [2.24, 2.45) is 0 Å². The molecule has 0 aliphatic rings. The van der Waals surface area contributed by atoms with Gasteiger partial charge in [-0.25, -0.2) is 4.79 Å². The molecule has 29 heavy (non-hydrogen) atoms. The zero-order valence-corrected chi connectivity index (χ0v) is 17.1. The normalized spacial score (nSPS) is 11.0. The Bertz CT molecular complexity index is 1170. The highest BCUT2D eigenvalue weighted by Gasteiger charge is 2.22. The summed E-state index contributed by atoms with van der Waals surface area (Å²) < 4.78 is 31.6. The lowest BCUT2D eigenvalue weighted by molar-refractivity contribution is 0.0601. The van der Waals surface area contributed by atoms with E-state index in [1.165, 1.54) is 25.3 Å². The van der Waals surface area contributed by atoms with E-state index >= 15 is 0 Å². The minimum absolute atomic E-state index is 0.00226. The molecule has 0 fully saturated rings. The summed E-state index contributed by atoms with van der Waals surface area (Å²) in [5, 5.41) is 9.91. The van der Waals surface area contributed by atoms with Crippen molar-refractivity contribution in [3.8, 4) is 0 Å². The summed E-state index contributed by atoms with van der Waals surface area (Å²) in [7, 11) is -2.92. The second-order valence-electron chi connectivity index (χ2n) is 5.48. The lowest BCUT2D eigenvalue weighted by Gasteiger charge is -2.08. The standard InChI is InChI=1S/C17H13ClN4O5S2/c1-27-15(24)12-9-11(7-8-13(12)18)22-29(25,26)17-21-20-16(28-17)19-14(23)10-5-3-2-4-6-10/h2-9,22H,1H3,(H,19,20,23). The van der Waals surface area contributed by atoms with Crippen molar-refractivity contribution in [1.29, 1.82) is 0 Å². The third-order valence-corrected chi connectivity index (χ3v) is 6.43. The molecule has 0 saturated heterocycles. The number of hydrogen-bond donors (Lipinski definition) is 2. The molecule has 1 heterocycles. The van der Waals surface area contributed by atoms with Crippen LogP contribution in [0.3, 0.4) is 0 Å². The van der Waals surface area contributed by atoms with Gasteiger partial charge < -0.3 is 4.74 Å². The van der Waals surface area contributed by atoms with Crippen molar-refractivity contribution in [3.63, 3.8) is 0 Å². The Labute approximate surface area is 174 Å². The highest BCUT2D eigenvalue weighted by Crippen LogP contribution is 2.26. The number of aromatic nitrogens is 2. The first-order chi connectivity index (χ1) is 13.8. The predicted octanol–water partition coefficient (Wildman–Crippen LogP) is 3.03.